The molecule has 0 amide bonds. The SMILES string of the molecule is Cc1nn(C)c(CC(CCOc2ccccc2)NN)c1Br. The summed E-state index contributed by atoms with van der Waals surface area (Å²) < 4.78 is 8.65. The number of aromatic nitrogens is 2. The van der Waals surface area contributed by atoms with E-state index in [0.717, 1.165) is 34.5 Å². The molecule has 0 radical (unpaired) electrons. The number of aryl methyl sites for hydroxylation is 2. The van der Waals surface area contributed by atoms with E-state index in [1.807, 2.05) is 49.0 Å². The second-order valence-corrected chi connectivity index (χ2v) is 5.78. The number of para-hydroxylation sites is 1. The van der Waals surface area contributed by atoms with Gasteiger partial charge in [0.15, 0.2) is 0 Å². The highest BCUT2D eigenvalue weighted by atomic mass is 79.9. The molecule has 0 aliphatic carbocycles. The van der Waals surface area contributed by atoms with Crippen molar-refractivity contribution in [3.8, 4) is 5.75 Å². The molecular weight excluding hydrogens is 332 g/mol. The minimum Gasteiger partial charge on any atom is -0.494 e. The van der Waals surface area contributed by atoms with Crippen LogP contribution in [0, 0.1) is 6.92 Å². The highest BCUT2D eigenvalue weighted by Gasteiger charge is 2.16. The lowest BCUT2D eigenvalue weighted by atomic mass is 10.1. The Morgan fingerprint density at radius 1 is 1.38 bits per heavy atom. The van der Waals surface area contributed by atoms with E-state index in [2.05, 4.69) is 26.5 Å². The molecule has 0 aliphatic heterocycles. The van der Waals surface area contributed by atoms with Crippen molar-refractivity contribution in [2.24, 2.45) is 12.9 Å². The van der Waals surface area contributed by atoms with Gasteiger partial charge < -0.3 is 4.74 Å². The summed E-state index contributed by atoms with van der Waals surface area (Å²) in [6.07, 6.45) is 1.62. The lowest BCUT2D eigenvalue weighted by Crippen LogP contribution is -2.38. The fourth-order valence-electron chi connectivity index (χ4n) is 2.22. The minimum atomic E-state index is 0.139. The van der Waals surface area contributed by atoms with Crippen LogP contribution in [0.3, 0.4) is 0 Å². The molecular formula is C15H21BrN4O. The first-order valence-corrected chi connectivity index (χ1v) is 7.73. The van der Waals surface area contributed by atoms with Gasteiger partial charge in [-0.25, -0.2) is 0 Å². The smallest absolute Gasteiger partial charge is 0.119 e. The van der Waals surface area contributed by atoms with E-state index in [1.165, 1.54) is 0 Å². The van der Waals surface area contributed by atoms with Crippen molar-refractivity contribution in [2.75, 3.05) is 6.61 Å². The number of nitrogens with one attached hydrogen (secondary N) is 1. The third-order valence-corrected chi connectivity index (χ3v) is 4.45. The van der Waals surface area contributed by atoms with Crippen LogP contribution in [0.25, 0.3) is 0 Å². The van der Waals surface area contributed by atoms with Crippen molar-refractivity contribution in [1.29, 1.82) is 0 Å². The number of halogens is 1. The van der Waals surface area contributed by atoms with Gasteiger partial charge in [0.25, 0.3) is 0 Å². The van der Waals surface area contributed by atoms with Crippen LogP contribution in [0.1, 0.15) is 17.8 Å². The van der Waals surface area contributed by atoms with E-state index < -0.39 is 0 Å². The lowest BCUT2D eigenvalue weighted by molar-refractivity contribution is 0.284. The zero-order chi connectivity index (χ0) is 15.2. The van der Waals surface area contributed by atoms with Gasteiger partial charge in [0.1, 0.15) is 5.75 Å². The number of nitrogens with zero attached hydrogens (tertiary/aromatic N) is 2. The van der Waals surface area contributed by atoms with Crippen LogP contribution in [0.2, 0.25) is 0 Å². The van der Waals surface area contributed by atoms with Gasteiger partial charge in [-0.2, -0.15) is 5.10 Å². The van der Waals surface area contributed by atoms with Gasteiger partial charge in [-0.1, -0.05) is 18.2 Å². The first kappa shape index (κ1) is 16.0. The van der Waals surface area contributed by atoms with Crippen molar-refractivity contribution in [3.05, 3.63) is 46.2 Å². The fraction of sp³-hybridized carbons (Fsp3) is 0.400. The third-order valence-electron chi connectivity index (χ3n) is 3.42. The summed E-state index contributed by atoms with van der Waals surface area (Å²) >= 11 is 3.58. The molecule has 1 aromatic carbocycles. The summed E-state index contributed by atoms with van der Waals surface area (Å²) in [5, 5.41) is 4.40. The molecule has 1 atom stereocenters. The summed E-state index contributed by atoms with van der Waals surface area (Å²) in [7, 11) is 1.95. The Morgan fingerprint density at radius 3 is 2.67 bits per heavy atom. The monoisotopic (exact) mass is 352 g/mol. The summed E-state index contributed by atoms with van der Waals surface area (Å²) in [5.41, 5.74) is 4.98. The normalized spacial score (nSPS) is 12.4. The molecule has 1 unspecified atom stereocenters. The molecule has 1 heterocycles. The predicted molar refractivity (Wildman–Crippen MR) is 87.0 cm³/mol. The molecule has 3 N–H and O–H groups in total. The summed E-state index contributed by atoms with van der Waals surface area (Å²) in [6.45, 7) is 2.60. The number of benzene rings is 1. The minimum absolute atomic E-state index is 0.139. The topological polar surface area (TPSA) is 65.1 Å². The Hall–Kier alpha value is -1.37. The number of nitrogens with two attached hydrogens (primary N) is 1. The number of hydrogen-bond acceptors (Lipinski definition) is 4. The Bertz CT molecular complexity index is 571. The standard InChI is InChI=1S/C15H21BrN4O/c1-11-15(16)14(20(2)19-11)10-12(18-17)8-9-21-13-6-4-3-5-7-13/h3-7,12,18H,8-10,17H2,1-2H3. The average Bonchev–Trinajstić information content (AvgIpc) is 2.73. The van der Waals surface area contributed by atoms with Crippen molar-refractivity contribution >= 4 is 15.9 Å². The van der Waals surface area contributed by atoms with Crippen LogP contribution in [0.5, 0.6) is 5.75 Å². The van der Waals surface area contributed by atoms with Crippen LogP contribution in [0.15, 0.2) is 34.8 Å². The molecule has 0 spiro atoms. The quantitative estimate of drug-likeness (QED) is 0.592. The summed E-state index contributed by atoms with van der Waals surface area (Å²) in [6, 6.07) is 9.93. The third kappa shape index (κ3) is 4.30. The van der Waals surface area contributed by atoms with Crippen molar-refractivity contribution < 1.29 is 4.74 Å². The highest BCUT2D eigenvalue weighted by Crippen LogP contribution is 2.22. The first-order chi connectivity index (χ1) is 10.1. The second-order valence-electron chi connectivity index (χ2n) is 4.99. The molecule has 6 heteroatoms. The van der Waals surface area contributed by atoms with E-state index in [4.69, 9.17) is 10.6 Å². The molecule has 5 nitrogen and oxygen atoms in total. The molecule has 0 saturated carbocycles. The number of rotatable bonds is 7. The van der Waals surface area contributed by atoms with E-state index in [9.17, 15) is 0 Å². The molecule has 0 bridgehead atoms. The maximum absolute atomic E-state index is 5.71. The highest BCUT2D eigenvalue weighted by molar-refractivity contribution is 9.10. The van der Waals surface area contributed by atoms with Gasteiger partial charge >= 0.3 is 0 Å². The van der Waals surface area contributed by atoms with Crippen LogP contribution < -0.4 is 16.0 Å². The molecule has 114 valence electrons. The Labute approximate surface area is 133 Å². The van der Waals surface area contributed by atoms with Crippen LogP contribution >= 0.6 is 15.9 Å². The molecule has 21 heavy (non-hydrogen) atoms. The van der Waals surface area contributed by atoms with E-state index >= 15 is 0 Å². The largest absolute Gasteiger partial charge is 0.494 e. The molecule has 1 aromatic heterocycles. The van der Waals surface area contributed by atoms with Gasteiger partial charge in [0.2, 0.25) is 0 Å². The molecule has 0 saturated heterocycles. The summed E-state index contributed by atoms with van der Waals surface area (Å²) in [4.78, 5) is 0. The second kappa shape index (κ2) is 7.59. The molecule has 2 rings (SSSR count). The van der Waals surface area contributed by atoms with Gasteiger partial charge in [-0.3, -0.25) is 16.0 Å². The van der Waals surface area contributed by atoms with Crippen LogP contribution in [0.4, 0.5) is 0 Å². The predicted octanol–water partition coefficient (Wildman–Crippen LogP) is 2.33. The number of hydrazine groups is 1. The maximum Gasteiger partial charge on any atom is 0.119 e. The van der Waals surface area contributed by atoms with Crippen LogP contribution in [-0.4, -0.2) is 22.4 Å². The number of hydrogen-bond donors (Lipinski definition) is 2. The molecule has 2 aromatic rings. The van der Waals surface area contributed by atoms with Crippen molar-refractivity contribution in [2.45, 2.75) is 25.8 Å². The first-order valence-electron chi connectivity index (χ1n) is 6.93. The Morgan fingerprint density at radius 2 is 2.10 bits per heavy atom. The fourth-order valence-corrected chi connectivity index (χ4v) is 2.71. The van der Waals surface area contributed by atoms with E-state index in [-0.39, 0.29) is 6.04 Å². The maximum atomic E-state index is 5.71. The van der Waals surface area contributed by atoms with Crippen molar-refractivity contribution in [3.63, 3.8) is 0 Å². The molecule has 0 aliphatic rings. The number of ether oxygens (including phenoxy) is 1. The Balaban J connectivity index is 1.88. The van der Waals surface area contributed by atoms with Gasteiger partial charge in [-0.15, -0.1) is 0 Å². The molecule has 0 fully saturated rings. The Kier molecular flexibility index (Phi) is 5.78. The summed E-state index contributed by atoms with van der Waals surface area (Å²) in [5.74, 6) is 6.54. The van der Waals surface area contributed by atoms with Gasteiger partial charge in [0, 0.05) is 19.5 Å². The van der Waals surface area contributed by atoms with Crippen LogP contribution in [-0.2, 0) is 13.5 Å². The van der Waals surface area contributed by atoms with Gasteiger partial charge in [-0.05, 0) is 41.4 Å². The van der Waals surface area contributed by atoms with Gasteiger partial charge in [0.05, 0.1) is 22.5 Å². The van der Waals surface area contributed by atoms with Crippen molar-refractivity contribution in [1.82, 2.24) is 15.2 Å². The zero-order valence-corrected chi connectivity index (χ0v) is 13.9. The average molecular weight is 353 g/mol. The lowest BCUT2D eigenvalue weighted by Gasteiger charge is -2.16. The van der Waals surface area contributed by atoms with E-state index in [0.29, 0.717) is 6.61 Å². The zero-order valence-electron chi connectivity index (χ0n) is 12.3. The van der Waals surface area contributed by atoms with E-state index in [1.54, 1.807) is 0 Å².